The number of thioether (sulfide) groups is 1. The minimum absolute atomic E-state index is 0.00215. The van der Waals surface area contributed by atoms with E-state index in [2.05, 4.69) is 5.32 Å². The van der Waals surface area contributed by atoms with Crippen LogP contribution in [0.5, 0.6) is 0 Å². The molecule has 118 valence electrons. The summed E-state index contributed by atoms with van der Waals surface area (Å²) in [5.74, 6) is 0.771. The third kappa shape index (κ3) is 3.39. The van der Waals surface area contributed by atoms with Crippen molar-refractivity contribution in [3.63, 3.8) is 0 Å². The quantitative estimate of drug-likeness (QED) is 0.915. The summed E-state index contributed by atoms with van der Waals surface area (Å²) >= 11 is 7.35. The maximum atomic E-state index is 12.6. The number of benzene rings is 1. The molecule has 7 heteroatoms. The Bertz CT molecular complexity index is 584. The fourth-order valence-electron chi connectivity index (χ4n) is 2.84. The number of nitrogens with zero attached hydrogens (tertiary/aromatic N) is 2. The first kappa shape index (κ1) is 15.6. The molecule has 1 aromatic carbocycles. The van der Waals surface area contributed by atoms with Crippen molar-refractivity contribution in [2.45, 2.75) is 6.04 Å². The zero-order valence-electron chi connectivity index (χ0n) is 12.1. The second-order valence-corrected chi connectivity index (χ2v) is 6.88. The van der Waals surface area contributed by atoms with E-state index in [1.165, 1.54) is 11.8 Å². The first-order valence-electron chi connectivity index (χ1n) is 7.32. The molecule has 1 unspecified atom stereocenters. The number of carbonyl (C=O) groups excluding carboxylic acids is 2. The molecule has 22 heavy (non-hydrogen) atoms. The fraction of sp³-hybridized carbons (Fsp3) is 0.467. The monoisotopic (exact) mass is 339 g/mol. The maximum absolute atomic E-state index is 12.6. The lowest BCUT2D eigenvalue weighted by Gasteiger charge is -2.37. The number of hydrogen-bond donors (Lipinski definition) is 1. The number of halogens is 1. The predicted molar refractivity (Wildman–Crippen MR) is 88.2 cm³/mol. The topological polar surface area (TPSA) is 52.7 Å². The molecule has 1 N–H and O–H groups in total. The standard InChI is InChI=1S/C15H18ClN3O2S/c16-12-3-1-2-11(8-12)13-9-17-4-5-19(13)14(20)10-18-6-7-22-15(18)21/h1-3,8,13,17H,4-7,9-10H2. The van der Waals surface area contributed by atoms with Gasteiger partial charge in [0.05, 0.1) is 6.04 Å². The second kappa shape index (κ2) is 6.89. The van der Waals surface area contributed by atoms with Crippen LogP contribution in [0.4, 0.5) is 4.79 Å². The third-order valence-corrected chi connectivity index (χ3v) is 5.10. The van der Waals surface area contributed by atoms with Crippen LogP contribution in [0, 0.1) is 0 Å². The van der Waals surface area contributed by atoms with Gasteiger partial charge in [0.25, 0.3) is 5.24 Å². The van der Waals surface area contributed by atoms with Gasteiger partial charge in [-0.1, -0.05) is 35.5 Å². The van der Waals surface area contributed by atoms with Crippen molar-refractivity contribution in [1.82, 2.24) is 15.1 Å². The van der Waals surface area contributed by atoms with Gasteiger partial charge in [0.1, 0.15) is 6.54 Å². The zero-order chi connectivity index (χ0) is 15.5. The Morgan fingerprint density at radius 2 is 2.27 bits per heavy atom. The van der Waals surface area contributed by atoms with Crippen LogP contribution in [-0.4, -0.2) is 59.4 Å². The number of piperazine rings is 1. The van der Waals surface area contributed by atoms with Gasteiger partial charge in [0.2, 0.25) is 5.91 Å². The molecule has 5 nitrogen and oxygen atoms in total. The van der Waals surface area contributed by atoms with E-state index in [0.29, 0.717) is 24.7 Å². The third-order valence-electron chi connectivity index (χ3n) is 3.97. The summed E-state index contributed by atoms with van der Waals surface area (Å²) in [6.07, 6.45) is 0. The minimum atomic E-state index is -0.0368. The van der Waals surface area contributed by atoms with E-state index in [1.807, 2.05) is 29.2 Å². The van der Waals surface area contributed by atoms with Gasteiger partial charge in [-0.3, -0.25) is 9.59 Å². The first-order chi connectivity index (χ1) is 10.6. The van der Waals surface area contributed by atoms with Gasteiger partial charge in [-0.25, -0.2) is 0 Å². The number of amides is 2. The summed E-state index contributed by atoms with van der Waals surface area (Å²) in [6, 6.07) is 7.57. The first-order valence-corrected chi connectivity index (χ1v) is 8.69. The van der Waals surface area contributed by atoms with Gasteiger partial charge >= 0.3 is 0 Å². The van der Waals surface area contributed by atoms with E-state index in [0.717, 1.165) is 17.9 Å². The molecule has 0 saturated carbocycles. The lowest BCUT2D eigenvalue weighted by Crippen LogP contribution is -2.51. The van der Waals surface area contributed by atoms with Gasteiger partial charge in [0.15, 0.2) is 0 Å². The lowest BCUT2D eigenvalue weighted by molar-refractivity contribution is -0.135. The van der Waals surface area contributed by atoms with Gasteiger partial charge < -0.3 is 15.1 Å². The smallest absolute Gasteiger partial charge is 0.282 e. The van der Waals surface area contributed by atoms with Crippen molar-refractivity contribution >= 4 is 34.5 Å². The van der Waals surface area contributed by atoms with Crippen molar-refractivity contribution in [3.05, 3.63) is 34.9 Å². The Labute approximate surface area is 139 Å². The number of carbonyl (C=O) groups is 2. The van der Waals surface area contributed by atoms with Crippen LogP contribution < -0.4 is 5.32 Å². The highest BCUT2D eigenvalue weighted by Crippen LogP contribution is 2.25. The van der Waals surface area contributed by atoms with Crippen molar-refractivity contribution < 1.29 is 9.59 Å². The van der Waals surface area contributed by atoms with E-state index >= 15 is 0 Å². The van der Waals surface area contributed by atoms with E-state index in [1.54, 1.807) is 4.90 Å². The summed E-state index contributed by atoms with van der Waals surface area (Å²) in [6.45, 7) is 2.94. The molecule has 0 aliphatic carbocycles. The van der Waals surface area contributed by atoms with Crippen LogP contribution in [-0.2, 0) is 4.79 Å². The molecule has 2 fully saturated rings. The molecule has 2 heterocycles. The molecule has 2 amide bonds. The van der Waals surface area contributed by atoms with Crippen LogP contribution in [0.25, 0.3) is 0 Å². The molecule has 3 rings (SSSR count). The van der Waals surface area contributed by atoms with Crippen LogP contribution in [0.2, 0.25) is 5.02 Å². The van der Waals surface area contributed by atoms with Gasteiger partial charge in [0, 0.05) is 37.0 Å². The summed E-state index contributed by atoms with van der Waals surface area (Å²) in [5.41, 5.74) is 1.02. The van der Waals surface area contributed by atoms with Crippen molar-refractivity contribution in [3.8, 4) is 0 Å². The minimum Gasteiger partial charge on any atom is -0.332 e. The molecular formula is C15H18ClN3O2S. The highest BCUT2D eigenvalue weighted by atomic mass is 35.5. The maximum Gasteiger partial charge on any atom is 0.282 e. The van der Waals surface area contributed by atoms with Crippen LogP contribution in [0.3, 0.4) is 0 Å². The van der Waals surface area contributed by atoms with Crippen molar-refractivity contribution in [1.29, 1.82) is 0 Å². The fourth-order valence-corrected chi connectivity index (χ4v) is 3.86. The number of nitrogens with one attached hydrogen (secondary N) is 1. The molecule has 1 atom stereocenters. The van der Waals surface area contributed by atoms with Crippen LogP contribution in [0.15, 0.2) is 24.3 Å². The van der Waals surface area contributed by atoms with Gasteiger partial charge in [-0.05, 0) is 17.7 Å². The molecule has 2 saturated heterocycles. The summed E-state index contributed by atoms with van der Waals surface area (Å²) in [7, 11) is 0. The molecule has 0 radical (unpaired) electrons. The van der Waals surface area contributed by atoms with Crippen molar-refractivity contribution in [2.24, 2.45) is 0 Å². The largest absolute Gasteiger partial charge is 0.332 e. The molecular weight excluding hydrogens is 322 g/mol. The molecule has 0 spiro atoms. The summed E-state index contributed by atoms with van der Waals surface area (Å²) in [5, 5.41) is 3.99. The van der Waals surface area contributed by atoms with E-state index < -0.39 is 0 Å². The van der Waals surface area contributed by atoms with Gasteiger partial charge in [-0.2, -0.15) is 0 Å². The molecule has 1 aromatic rings. The van der Waals surface area contributed by atoms with E-state index in [4.69, 9.17) is 11.6 Å². The SMILES string of the molecule is O=C1SCCN1CC(=O)N1CCNCC1c1cccc(Cl)c1. The Morgan fingerprint density at radius 3 is 3.00 bits per heavy atom. The molecule has 2 aliphatic rings. The van der Waals surface area contributed by atoms with Crippen LogP contribution in [0.1, 0.15) is 11.6 Å². The Kier molecular flexibility index (Phi) is 4.90. The Balaban J connectivity index is 1.74. The highest BCUT2D eigenvalue weighted by molar-refractivity contribution is 8.13. The lowest BCUT2D eigenvalue weighted by atomic mass is 10.0. The highest BCUT2D eigenvalue weighted by Gasteiger charge is 2.31. The average molecular weight is 340 g/mol. The normalized spacial score (nSPS) is 22.2. The zero-order valence-corrected chi connectivity index (χ0v) is 13.7. The molecule has 0 aromatic heterocycles. The second-order valence-electron chi connectivity index (χ2n) is 5.40. The summed E-state index contributed by atoms with van der Waals surface area (Å²) < 4.78 is 0. The van der Waals surface area contributed by atoms with E-state index in [9.17, 15) is 9.59 Å². The van der Waals surface area contributed by atoms with Gasteiger partial charge in [-0.15, -0.1) is 0 Å². The Hall–Kier alpha value is -1.24. The average Bonchev–Trinajstić information content (AvgIpc) is 2.92. The number of rotatable bonds is 3. The van der Waals surface area contributed by atoms with E-state index in [-0.39, 0.29) is 23.7 Å². The van der Waals surface area contributed by atoms with Crippen molar-refractivity contribution in [2.75, 3.05) is 38.5 Å². The summed E-state index contributed by atoms with van der Waals surface area (Å²) in [4.78, 5) is 27.8. The molecule has 0 bridgehead atoms. The Morgan fingerprint density at radius 1 is 1.41 bits per heavy atom. The predicted octanol–water partition coefficient (Wildman–Crippen LogP) is 1.98. The molecule has 2 aliphatic heterocycles. The number of hydrogen-bond acceptors (Lipinski definition) is 4. The van der Waals surface area contributed by atoms with Crippen LogP contribution >= 0.6 is 23.4 Å².